The molecule has 1 aromatic rings. The van der Waals surface area contributed by atoms with Gasteiger partial charge in [-0.1, -0.05) is 35.0 Å². The number of nitrogens with one attached hydrogen (secondary N) is 1. The maximum absolute atomic E-state index is 3.77. The van der Waals surface area contributed by atoms with Crippen molar-refractivity contribution in [3.05, 3.63) is 34.3 Å². The van der Waals surface area contributed by atoms with Crippen LogP contribution in [0, 0.1) is 0 Å². The first-order valence-corrected chi connectivity index (χ1v) is 8.03. The summed E-state index contributed by atoms with van der Waals surface area (Å²) in [5, 5.41) is 3.77. The lowest BCUT2D eigenvalue weighted by Crippen LogP contribution is -2.56. The fourth-order valence-electron chi connectivity index (χ4n) is 2.87. The number of hydrogen-bond donors (Lipinski definition) is 1. The van der Waals surface area contributed by atoms with Crippen LogP contribution in [-0.2, 0) is 0 Å². The minimum absolute atomic E-state index is 0.392. The first kappa shape index (κ1) is 15.0. The summed E-state index contributed by atoms with van der Waals surface area (Å²) >= 11 is 3.50. The Balaban J connectivity index is 1.98. The van der Waals surface area contributed by atoms with E-state index in [2.05, 4.69) is 71.4 Å². The van der Waals surface area contributed by atoms with E-state index in [1.54, 1.807) is 0 Å². The van der Waals surface area contributed by atoms with Crippen molar-refractivity contribution in [2.24, 2.45) is 0 Å². The molecule has 0 bridgehead atoms. The van der Waals surface area contributed by atoms with E-state index in [-0.39, 0.29) is 0 Å². The molecule has 1 aromatic carbocycles. The monoisotopic (exact) mass is 324 g/mol. The Morgan fingerprint density at radius 1 is 1.26 bits per heavy atom. The molecule has 0 radical (unpaired) electrons. The van der Waals surface area contributed by atoms with Crippen LogP contribution in [0.25, 0.3) is 0 Å². The molecule has 19 heavy (non-hydrogen) atoms. The normalized spacial score (nSPS) is 19.2. The molecule has 0 spiro atoms. The molecule has 0 heterocycles. The summed E-state index contributed by atoms with van der Waals surface area (Å²) in [5.41, 5.74) is 1.78. The lowest BCUT2D eigenvalue weighted by atomic mass is 9.75. The van der Waals surface area contributed by atoms with Crippen molar-refractivity contribution in [2.75, 3.05) is 20.6 Å². The maximum Gasteiger partial charge on any atom is 0.0328 e. The van der Waals surface area contributed by atoms with E-state index in [9.17, 15) is 0 Å². The number of benzene rings is 1. The first-order valence-electron chi connectivity index (χ1n) is 7.24. The van der Waals surface area contributed by atoms with Gasteiger partial charge in [-0.3, -0.25) is 0 Å². The van der Waals surface area contributed by atoms with Crippen LogP contribution in [0.2, 0.25) is 0 Å². The van der Waals surface area contributed by atoms with Gasteiger partial charge in [-0.2, -0.15) is 0 Å². The van der Waals surface area contributed by atoms with E-state index in [1.807, 2.05) is 0 Å². The standard InChI is InChI=1S/C16H25BrN2/c1-4-15(13-6-8-14(17)9-7-13)18-12-16(19(2)3)10-5-11-16/h6-9,15,18H,4-5,10-12H2,1-3H3. The molecule has 0 amide bonds. The van der Waals surface area contributed by atoms with Crippen molar-refractivity contribution in [1.29, 1.82) is 0 Å². The van der Waals surface area contributed by atoms with Crippen molar-refractivity contribution in [3.63, 3.8) is 0 Å². The molecule has 0 aromatic heterocycles. The van der Waals surface area contributed by atoms with Crippen molar-refractivity contribution < 1.29 is 0 Å². The molecule has 1 saturated carbocycles. The topological polar surface area (TPSA) is 15.3 Å². The Bertz CT molecular complexity index is 396. The number of nitrogens with zero attached hydrogens (tertiary/aromatic N) is 1. The van der Waals surface area contributed by atoms with Gasteiger partial charge in [-0.15, -0.1) is 0 Å². The molecule has 2 rings (SSSR count). The molecule has 1 atom stereocenters. The van der Waals surface area contributed by atoms with Crippen LogP contribution in [0.15, 0.2) is 28.7 Å². The minimum atomic E-state index is 0.392. The third kappa shape index (κ3) is 3.39. The van der Waals surface area contributed by atoms with E-state index in [0.29, 0.717) is 11.6 Å². The van der Waals surface area contributed by atoms with Crippen LogP contribution in [0.5, 0.6) is 0 Å². The lowest BCUT2D eigenvalue weighted by molar-refractivity contribution is 0.0569. The summed E-state index contributed by atoms with van der Waals surface area (Å²) in [4.78, 5) is 2.40. The zero-order chi connectivity index (χ0) is 13.9. The molecule has 1 fully saturated rings. The SMILES string of the molecule is CCC(NCC1(N(C)C)CCC1)c1ccc(Br)cc1. The third-order valence-electron chi connectivity index (χ3n) is 4.59. The number of rotatable bonds is 6. The second-order valence-corrected chi connectivity index (χ2v) is 6.78. The van der Waals surface area contributed by atoms with Crippen molar-refractivity contribution in [2.45, 2.75) is 44.2 Å². The third-order valence-corrected chi connectivity index (χ3v) is 5.12. The second kappa shape index (κ2) is 6.38. The summed E-state index contributed by atoms with van der Waals surface area (Å²) in [5.74, 6) is 0. The van der Waals surface area contributed by atoms with Crippen LogP contribution < -0.4 is 5.32 Å². The lowest BCUT2D eigenvalue weighted by Gasteiger charge is -2.48. The predicted octanol–water partition coefficient (Wildman–Crippen LogP) is 3.97. The minimum Gasteiger partial charge on any atom is -0.308 e. The summed E-state index contributed by atoms with van der Waals surface area (Å²) in [6.07, 6.45) is 5.15. The maximum atomic E-state index is 3.77. The molecule has 2 nitrogen and oxygen atoms in total. The number of likely N-dealkylation sites (N-methyl/N-ethyl adjacent to an activating group) is 1. The zero-order valence-corrected chi connectivity index (χ0v) is 13.8. The van der Waals surface area contributed by atoms with Crippen LogP contribution in [-0.4, -0.2) is 31.1 Å². The van der Waals surface area contributed by atoms with E-state index < -0.39 is 0 Å². The van der Waals surface area contributed by atoms with E-state index in [4.69, 9.17) is 0 Å². The summed E-state index contributed by atoms with van der Waals surface area (Å²) < 4.78 is 1.15. The fraction of sp³-hybridized carbons (Fsp3) is 0.625. The number of hydrogen-bond acceptors (Lipinski definition) is 2. The molecule has 1 aliphatic carbocycles. The molecule has 1 aliphatic rings. The highest BCUT2D eigenvalue weighted by atomic mass is 79.9. The largest absolute Gasteiger partial charge is 0.308 e. The van der Waals surface area contributed by atoms with E-state index >= 15 is 0 Å². The first-order chi connectivity index (χ1) is 9.07. The highest BCUT2D eigenvalue weighted by Crippen LogP contribution is 2.36. The Morgan fingerprint density at radius 3 is 2.32 bits per heavy atom. The quantitative estimate of drug-likeness (QED) is 0.851. The van der Waals surface area contributed by atoms with Crippen LogP contribution in [0.1, 0.15) is 44.2 Å². The van der Waals surface area contributed by atoms with Crippen molar-refractivity contribution >= 4 is 15.9 Å². The number of halogens is 1. The summed E-state index contributed by atoms with van der Waals surface area (Å²) in [7, 11) is 4.42. The fourth-order valence-corrected chi connectivity index (χ4v) is 3.14. The molecule has 1 unspecified atom stereocenters. The van der Waals surface area contributed by atoms with Gasteiger partial charge >= 0.3 is 0 Å². The average Bonchev–Trinajstić information content (AvgIpc) is 2.34. The Morgan fingerprint density at radius 2 is 1.89 bits per heavy atom. The van der Waals surface area contributed by atoms with E-state index in [0.717, 1.165) is 17.4 Å². The Labute approximate surface area is 125 Å². The van der Waals surface area contributed by atoms with Gasteiger partial charge < -0.3 is 10.2 Å². The smallest absolute Gasteiger partial charge is 0.0328 e. The zero-order valence-electron chi connectivity index (χ0n) is 12.2. The van der Waals surface area contributed by atoms with Gasteiger partial charge in [0, 0.05) is 22.6 Å². The van der Waals surface area contributed by atoms with Gasteiger partial charge in [0.05, 0.1) is 0 Å². The summed E-state index contributed by atoms with van der Waals surface area (Å²) in [6.45, 7) is 3.34. The molecular weight excluding hydrogens is 300 g/mol. The molecule has 1 N–H and O–H groups in total. The van der Waals surface area contributed by atoms with Crippen LogP contribution in [0.3, 0.4) is 0 Å². The van der Waals surface area contributed by atoms with Crippen LogP contribution in [0.4, 0.5) is 0 Å². The Hall–Kier alpha value is -0.380. The van der Waals surface area contributed by atoms with Gasteiger partial charge in [0.2, 0.25) is 0 Å². The summed E-state index contributed by atoms with van der Waals surface area (Å²) in [6, 6.07) is 9.16. The van der Waals surface area contributed by atoms with Crippen molar-refractivity contribution in [1.82, 2.24) is 10.2 Å². The molecule has 0 aliphatic heterocycles. The predicted molar refractivity (Wildman–Crippen MR) is 85.4 cm³/mol. The average molecular weight is 325 g/mol. The molecule has 106 valence electrons. The van der Waals surface area contributed by atoms with Gasteiger partial charge in [-0.25, -0.2) is 0 Å². The van der Waals surface area contributed by atoms with Gasteiger partial charge in [0.15, 0.2) is 0 Å². The van der Waals surface area contributed by atoms with Gasteiger partial charge in [0.1, 0.15) is 0 Å². The van der Waals surface area contributed by atoms with E-state index in [1.165, 1.54) is 24.8 Å². The Kier molecular flexibility index (Phi) is 5.04. The highest BCUT2D eigenvalue weighted by Gasteiger charge is 2.38. The van der Waals surface area contributed by atoms with Crippen LogP contribution >= 0.6 is 15.9 Å². The van der Waals surface area contributed by atoms with Gasteiger partial charge in [-0.05, 0) is 57.5 Å². The second-order valence-electron chi connectivity index (χ2n) is 5.87. The molecule has 3 heteroatoms. The van der Waals surface area contributed by atoms with Crippen molar-refractivity contribution in [3.8, 4) is 0 Å². The molecule has 0 saturated heterocycles. The van der Waals surface area contributed by atoms with Gasteiger partial charge in [0.25, 0.3) is 0 Å². The highest BCUT2D eigenvalue weighted by molar-refractivity contribution is 9.10. The molecular formula is C16H25BrN2.